The third-order valence-electron chi connectivity index (χ3n) is 3.67. The molecule has 102 valence electrons. The second-order valence-electron chi connectivity index (χ2n) is 5.36. The lowest BCUT2D eigenvalue weighted by Crippen LogP contribution is -2.21. The highest BCUT2D eigenvalue weighted by atomic mass is 16.5. The Kier molecular flexibility index (Phi) is 2.97. The van der Waals surface area contributed by atoms with Gasteiger partial charge in [-0.15, -0.1) is 0 Å². The van der Waals surface area contributed by atoms with Gasteiger partial charge < -0.3 is 10.5 Å². The summed E-state index contributed by atoms with van der Waals surface area (Å²) < 4.78 is 6.03. The molecule has 1 atom stereocenters. The van der Waals surface area contributed by atoms with Crippen molar-refractivity contribution in [2.24, 2.45) is 0 Å². The minimum atomic E-state index is -0.225. The van der Waals surface area contributed by atoms with Crippen molar-refractivity contribution in [2.45, 2.75) is 26.4 Å². The van der Waals surface area contributed by atoms with E-state index in [9.17, 15) is 4.79 Å². The molecule has 3 rings (SSSR count). The molecule has 1 unspecified atom stereocenters. The molecule has 3 heteroatoms. The van der Waals surface area contributed by atoms with E-state index in [1.54, 1.807) is 0 Å². The first-order chi connectivity index (χ1) is 9.54. The zero-order chi connectivity index (χ0) is 14.3. The maximum atomic E-state index is 12.4. The Morgan fingerprint density at radius 2 is 1.85 bits per heavy atom. The van der Waals surface area contributed by atoms with Crippen molar-refractivity contribution in [1.29, 1.82) is 0 Å². The number of nitrogens with two attached hydrogens (primary N) is 1. The molecular formula is C17H17NO2. The molecule has 2 N–H and O–H groups in total. The molecule has 0 spiro atoms. The van der Waals surface area contributed by atoms with E-state index in [-0.39, 0.29) is 11.9 Å². The molecule has 0 saturated carbocycles. The number of hydrogen-bond acceptors (Lipinski definition) is 3. The van der Waals surface area contributed by atoms with Crippen LogP contribution in [0, 0.1) is 13.8 Å². The molecule has 3 nitrogen and oxygen atoms in total. The van der Waals surface area contributed by atoms with Gasteiger partial charge in [-0.05, 0) is 48.7 Å². The Morgan fingerprint density at radius 3 is 2.55 bits per heavy atom. The largest absolute Gasteiger partial charge is 0.484 e. The van der Waals surface area contributed by atoms with Crippen LogP contribution in [0.4, 0.5) is 5.69 Å². The highest BCUT2D eigenvalue weighted by molar-refractivity contribution is 6.01. The fourth-order valence-corrected chi connectivity index (χ4v) is 2.74. The molecule has 0 aromatic heterocycles. The number of nitrogen functional groups attached to an aromatic ring is 1. The molecule has 1 heterocycles. The monoisotopic (exact) mass is 267 g/mol. The molecule has 2 aromatic carbocycles. The smallest absolute Gasteiger partial charge is 0.170 e. The van der Waals surface area contributed by atoms with Gasteiger partial charge in [-0.3, -0.25) is 4.79 Å². The van der Waals surface area contributed by atoms with Crippen LogP contribution in [0.1, 0.15) is 39.6 Å². The van der Waals surface area contributed by atoms with Gasteiger partial charge in [0.1, 0.15) is 11.9 Å². The van der Waals surface area contributed by atoms with Crippen molar-refractivity contribution in [3.8, 4) is 5.75 Å². The number of carbonyl (C=O) groups is 1. The van der Waals surface area contributed by atoms with Gasteiger partial charge in [-0.2, -0.15) is 0 Å². The molecule has 0 saturated heterocycles. The number of benzene rings is 2. The van der Waals surface area contributed by atoms with Crippen molar-refractivity contribution >= 4 is 11.5 Å². The van der Waals surface area contributed by atoms with Gasteiger partial charge >= 0.3 is 0 Å². The summed E-state index contributed by atoms with van der Waals surface area (Å²) in [6, 6.07) is 11.5. The fourth-order valence-electron chi connectivity index (χ4n) is 2.74. The lowest BCUT2D eigenvalue weighted by atomic mass is 9.92. The highest BCUT2D eigenvalue weighted by Gasteiger charge is 2.29. The average molecular weight is 267 g/mol. The Bertz CT molecular complexity index is 674. The van der Waals surface area contributed by atoms with E-state index in [0.717, 1.165) is 22.3 Å². The summed E-state index contributed by atoms with van der Waals surface area (Å²) in [5.41, 5.74) is 10.2. The fraction of sp³-hybridized carbons (Fsp3) is 0.235. The summed E-state index contributed by atoms with van der Waals surface area (Å²) in [5, 5.41) is 0. The van der Waals surface area contributed by atoms with Gasteiger partial charge in [0.05, 0.1) is 12.0 Å². The third kappa shape index (κ3) is 2.16. The molecule has 1 aliphatic rings. The van der Waals surface area contributed by atoms with Gasteiger partial charge in [-0.25, -0.2) is 0 Å². The first kappa shape index (κ1) is 12.7. The predicted molar refractivity (Wildman–Crippen MR) is 79.1 cm³/mol. The van der Waals surface area contributed by atoms with E-state index in [4.69, 9.17) is 10.5 Å². The topological polar surface area (TPSA) is 52.3 Å². The number of Topliss-reactive ketones (excluding diaryl/α,β-unsaturated/α-hetero) is 1. The standard InChI is InChI=1S/C17H17NO2/c1-10-7-11(2)17-14(19)9-15(20-16(17)8-10)12-3-5-13(18)6-4-12/h3-8,15H,9,18H2,1-2H3. The molecule has 0 bridgehead atoms. The summed E-state index contributed by atoms with van der Waals surface area (Å²) in [7, 11) is 0. The normalized spacial score (nSPS) is 17.5. The summed E-state index contributed by atoms with van der Waals surface area (Å²) in [5.74, 6) is 0.839. The minimum Gasteiger partial charge on any atom is -0.484 e. The predicted octanol–water partition coefficient (Wildman–Crippen LogP) is 3.59. The molecule has 1 aliphatic heterocycles. The van der Waals surface area contributed by atoms with Crippen LogP contribution in [0.25, 0.3) is 0 Å². The molecule has 0 fully saturated rings. The number of ether oxygens (including phenoxy) is 1. The van der Waals surface area contributed by atoms with Crippen LogP contribution < -0.4 is 10.5 Å². The Balaban J connectivity index is 2.00. The zero-order valence-electron chi connectivity index (χ0n) is 11.6. The van der Waals surface area contributed by atoms with Crippen molar-refractivity contribution in [1.82, 2.24) is 0 Å². The molecule has 20 heavy (non-hydrogen) atoms. The van der Waals surface area contributed by atoms with Gasteiger partial charge in [0.25, 0.3) is 0 Å². The SMILES string of the molecule is Cc1cc(C)c2c(c1)OC(c1ccc(N)cc1)CC2=O. The van der Waals surface area contributed by atoms with Crippen LogP contribution in [-0.2, 0) is 0 Å². The van der Waals surface area contributed by atoms with Gasteiger partial charge in [0.15, 0.2) is 5.78 Å². The van der Waals surface area contributed by atoms with E-state index < -0.39 is 0 Å². The van der Waals surface area contributed by atoms with Crippen LogP contribution in [0.3, 0.4) is 0 Å². The van der Waals surface area contributed by atoms with Gasteiger partial charge in [0, 0.05) is 5.69 Å². The lowest BCUT2D eigenvalue weighted by Gasteiger charge is -2.27. The van der Waals surface area contributed by atoms with Gasteiger partial charge in [-0.1, -0.05) is 18.2 Å². The first-order valence-corrected chi connectivity index (χ1v) is 6.71. The number of aryl methyl sites for hydroxylation is 2. The van der Waals surface area contributed by atoms with Crippen LogP contribution in [0.15, 0.2) is 36.4 Å². The Labute approximate surface area is 118 Å². The van der Waals surface area contributed by atoms with E-state index in [0.29, 0.717) is 17.9 Å². The van der Waals surface area contributed by atoms with Crippen molar-refractivity contribution in [3.05, 3.63) is 58.7 Å². The lowest BCUT2D eigenvalue weighted by molar-refractivity contribution is 0.0849. The van der Waals surface area contributed by atoms with Crippen molar-refractivity contribution < 1.29 is 9.53 Å². The number of carbonyl (C=O) groups excluding carboxylic acids is 1. The minimum absolute atomic E-state index is 0.144. The highest BCUT2D eigenvalue weighted by Crippen LogP contribution is 2.37. The van der Waals surface area contributed by atoms with E-state index in [1.807, 2.05) is 50.2 Å². The van der Waals surface area contributed by atoms with Crippen LogP contribution in [0.5, 0.6) is 5.75 Å². The number of hydrogen-bond donors (Lipinski definition) is 1. The molecule has 2 aromatic rings. The Morgan fingerprint density at radius 1 is 1.15 bits per heavy atom. The summed E-state index contributed by atoms with van der Waals surface area (Å²) in [6.07, 6.45) is 0.151. The molecule has 0 amide bonds. The number of ketones is 1. The van der Waals surface area contributed by atoms with E-state index >= 15 is 0 Å². The summed E-state index contributed by atoms with van der Waals surface area (Å²) in [4.78, 5) is 12.4. The number of fused-ring (bicyclic) bond motifs is 1. The quantitative estimate of drug-likeness (QED) is 0.803. The zero-order valence-corrected chi connectivity index (χ0v) is 11.6. The molecule has 0 radical (unpaired) electrons. The van der Waals surface area contributed by atoms with E-state index in [2.05, 4.69) is 0 Å². The second-order valence-corrected chi connectivity index (χ2v) is 5.36. The number of anilines is 1. The van der Waals surface area contributed by atoms with Crippen LogP contribution >= 0.6 is 0 Å². The van der Waals surface area contributed by atoms with E-state index in [1.165, 1.54) is 0 Å². The second kappa shape index (κ2) is 4.67. The summed E-state index contributed by atoms with van der Waals surface area (Å²) >= 11 is 0. The summed E-state index contributed by atoms with van der Waals surface area (Å²) in [6.45, 7) is 3.96. The average Bonchev–Trinajstić information content (AvgIpc) is 2.38. The van der Waals surface area contributed by atoms with Crippen molar-refractivity contribution in [2.75, 3.05) is 5.73 Å². The Hall–Kier alpha value is -2.29. The van der Waals surface area contributed by atoms with Crippen molar-refractivity contribution in [3.63, 3.8) is 0 Å². The first-order valence-electron chi connectivity index (χ1n) is 6.71. The number of rotatable bonds is 1. The van der Waals surface area contributed by atoms with Crippen LogP contribution in [-0.4, -0.2) is 5.78 Å². The van der Waals surface area contributed by atoms with Crippen LogP contribution in [0.2, 0.25) is 0 Å². The third-order valence-corrected chi connectivity index (χ3v) is 3.67. The van der Waals surface area contributed by atoms with Gasteiger partial charge in [0.2, 0.25) is 0 Å². The molecule has 0 aliphatic carbocycles. The maximum Gasteiger partial charge on any atom is 0.170 e. The maximum absolute atomic E-state index is 12.4. The molecular weight excluding hydrogens is 250 g/mol.